The van der Waals surface area contributed by atoms with Gasteiger partial charge in [0.15, 0.2) is 10.9 Å². The fraction of sp³-hybridized carbons (Fsp3) is 0.111. The number of hydrogen-bond donors (Lipinski definition) is 2. The van der Waals surface area contributed by atoms with Crippen LogP contribution in [-0.4, -0.2) is 28.2 Å². The van der Waals surface area contributed by atoms with Crippen molar-refractivity contribution in [1.29, 1.82) is 0 Å². The molecule has 0 spiro atoms. The van der Waals surface area contributed by atoms with Gasteiger partial charge in [0.05, 0.1) is 22.6 Å². The molecular formula is C18H15N3O5S. The van der Waals surface area contributed by atoms with Crippen molar-refractivity contribution in [3.8, 4) is 11.5 Å². The van der Waals surface area contributed by atoms with Gasteiger partial charge >= 0.3 is 5.69 Å². The minimum absolute atomic E-state index is 0.0479. The Balaban J connectivity index is 1.94. The monoisotopic (exact) mass is 385 g/mol. The molecule has 2 N–H and O–H groups in total. The van der Waals surface area contributed by atoms with E-state index in [4.69, 9.17) is 4.74 Å². The number of benzene rings is 2. The number of para-hydroxylation sites is 1. The maximum absolute atomic E-state index is 12.2. The van der Waals surface area contributed by atoms with Gasteiger partial charge in [-0.15, -0.1) is 0 Å². The third kappa shape index (κ3) is 3.93. The van der Waals surface area contributed by atoms with E-state index >= 15 is 0 Å². The summed E-state index contributed by atoms with van der Waals surface area (Å²) in [5, 5.41) is 24.0. The van der Waals surface area contributed by atoms with Crippen LogP contribution in [-0.2, 0) is 4.79 Å². The lowest BCUT2D eigenvalue weighted by Crippen LogP contribution is -2.19. The quantitative estimate of drug-likeness (QED) is 0.473. The zero-order chi connectivity index (χ0) is 19.6. The number of methoxy groups -OCH3 is 1. The van der Waals surface area contributed by atoms with Crippen molar-refractivity contribution in [3.05, 3.63) is 62.5 Å². The van der Waals surface area contributed by atoms with Crippen molar-refractivity contribution in [3.63, 3.8) is 0 Å². The van der Waals surface area contributed by atoms with Crippen LogP contribution in [0.2, 0.25) is 0 Å². The third-order valence-corrected chi connectivity index (χ3v) is 4.69. The van der Waals surface area contributed by atoms with Crippen molar-refractivity contribution >= 4 is 40.3 Å². The molecule has 3 rings (SSSR count). The number of carbonyl (C=O) groups is 1. The Kier molecular flexibility index (Phi) is 5.13. The summed E-state index contributed by atoms with van der Waals surface area (Å²) >= 11 is 1.13. The average Bonchev–Trinajstić information content (AvgIpc) is 2.97. The molecule has 1 heterocycles. The zero-order valence-corrected chi connectivity index (χ0v) is 15.2. The highest BCUT2D eigenvalue weighted by molar-refractivity contribution is 8.18. The number of aromatic hydroxyl groups is 1. The summed E-state index contributed by atoms with van der Waals surface area (Å²) in [6.07, 6.45) is 1.48. The number of hydrogen-bond acceptors (Lipinski definition) is 7. The Bertz CT molecular complexity index is 1000. The number of rotatable bonds is 4. The lowest BCUT2D eigenvalue weighted by molar-refractivity contribution is -0.386. The molecule has 8 nitrogen and oxygen atoms in total. The smallest absolute Gasteiger partial charge is 0.315 e. The van der Waals surface area contributed by atoms with Crippen molar-refractivity contribution in [2.75, 3.05) is 7.11 Å². The molecule has 0 unspecified atom stereocenters. The Labute approximate surface area is 158 Å². The van der Waals surface area contributed by atoms with Gasteiger partial charge in [0.2, 0.25) is 5.75 Å². The van der Waals surface area contributed by atoms with E-state index in [2.05, 4.69) is 10.3 Å². The van der Waals surface area contributed by atoms with Crippen LogP contribution in [0, 0.1) is 17.0 Å². The second-order valence-corrected chi connectivity index (χ2v) is 6.65. The number of aryl methyl sites for hydroxylation is 1. The number of amidine groups is 1. The Morgan fingerprint density at radius 1 is 1.33 bits per heavy atom. The second kappa shape index (κ2) is 7.50. The Hall–Kier alpha value is -3.33. The van der Waals surface area contributed by atoms with Crippen molar-refractivity contribution in [2.24, 2.45) is 4.99 Å². The third-order valence-electron chi connectivity index (χ3n) is 3.78. The first kappa shape index (κ1) is 18.5. The summed E-state index contributed by atoms with van der Waals surface area (Å²) in [6, 6.07) is 10.1. The number of phenols is 1. The predicted octanol–water partition coefficient (Wildman–Crippen LogP) is 3.51. The average molecular weight is 385 g/mol. The van der Waals surface area contributed by atoms with Crippen LogP contribution < -0.4 is 10.1 Å². The lowest BCUT2D eigenvalue weighted by Gasteiger charge is -2.05. The molecule has 1 amide bonds. The summed E-state index contributed by atoms with van der Waals surface area (Å²) < 4.78 is 4.97. The van der Waals surface area contributed by atoms with E-state index in [-0.39, 0.29) is 11.7 Å². The number of thioether (sulfide) groups is 1. The topological polar surface area (TPSA) is 114 Å². The van der Waals surface area contributed by atoms with Crippen LogP contribution in [0.4, 0.5) is 11.4 Å². The van der Waals surface area contributed by atoms with Crippen LogP contribution in [0.25, 0.3) is 6.08 Å². The Morgan fingerprint density at radius 3 is 2.74 bits per heavy atom. The highest BCUT2D eigenvalue weighted by Crippen LogP contribution is 2.38. The number of amides is 1. The zero-order valence-electron chi connectivity index (χ0n) is 14.4. The highest BCUT2D eigenvalue weighted by atomic mass is 32.2. The van der Waals surface area contributed by atoms with E-state index in [1.165, 1.54) is 25.3 Å². The van der Waals surface area contributed by atoms with E-state index < -0.39 is 16.4 Å². The molecule has 0 saturated carbocycles. The van der Waals surface area contributed by atoms with Crippen molar-refractivity contribution in [2.45, 2.75) is 6.92 Å². The molecule has 1 aliphatic heterocycles. The maximum atomic E-state index is 12.2. The SMILES string of the molecule is COc1cc(C=C2SC(=Nc3ccccc3C)NC2=O)cc([N+](=O)[O-])c1O. The van der Waals surface area contributed by atoms with E-state index in [0.29, 0.717) is 15.6 Å². The van der Waals surface area contributed by atoms with Crippen LogP contribution in [0.3, 0.4) is 0 Å². The Morgan fingerprint density at radius 2 is 2.07 bits per heavy atom. The van der Waals surface area contributed by atoms with Gasteiger partial charge in [-0.2, -0.15) is 0 Å². The van der Waals surface area contributed by atoms with Gasteiger partial charge in [-0.3, -0.25) is 14.9 Å². The molecule has 138 valence electrons. The van der Waals surface area contributed by atoms with E-state index in [9.17, 15) is 20.0 Å². The second-order valence-electron chi connectivity index (χ2n) is 5.62. The summed E-state index contributed by atoms with van der Waals surface area (Å²) in [6.45, 7) is 1.92. The molecule has 9 heteroatoms. The lowest BCUT2D eigenvalue weighted by atomic mass is 10.1. The summed E-state index contributed by atoms with van der Waals surface area (Å²) in [5.74, 6) is -0.967. The van der Waals surface area contributed by atoms with Crippen LogP contribution in [0.15, 0.2) is 46.3 Å². The molecule has 0 radical (unpaired) electrons. The first-order valence-corrected chi connectivity index (χ1v) is 8.61. The standard InChI is InChI=1S/C18H15N3O5S/c1-10-5-3-4-6-12(10)19-18-20-17(23)15(27-18)9-11-7-13(21(24)25)16(22)14(8-11)26-2/h3-9,22H,1-2H3,(H,19,20,23). The molecule has 0 bridgehead atoms. The van der Waals surface area contributed by atoms with Crippen LogP contribution in [0.5, 0.6) is 11.5 Å². The number of phenolic OH excluding ortho intramolecular Hbond substituents is 1. The maximum Gasteiger partial charge on any atom is 0.315 e. The molecule has 0 aliphatic carbocycles. The van der Waals surface area contributed by atoms with Gasteiger partial charge in [-0.25, -0.2) is 4.99 Å². The summed E-state index contributed by atoms with van der Waals surface area (Å²) in [5.41, 5.74) is 1.56. The number of aliphatic imine (C=N–C) groups is 1. The van der Waals surface area contributed by atoms with Gasteiger partial charge in [0, 0.05) is 6.07 Å². The molecule has 27 heavy (non-hydrogen) atoms. The van der Waals surface area contributed by atoms with E-state index in [1.54, 1.807) is 0 Å². The normalized spacial score (nSPS) is 16.6. The van der Waals surface area contributed by atoms with Gasteiger partial charge in [0.25, 0.3) is 5.91 Å². The van der Waals surface area contributed by atoms with Crippen molar-refractivity contribution < 1.29 is 19.6 Å². The molecule has 1 aliphatic rings. The molecule has 1 fully saturated rings. The molecule has 0 aromatic heterocycles. The molecule has 1 saturated heterocycles. The van der Waals surface area contributed by atoms with Crippen molar-refractivity contribution in [1.82, 2.24) is 5.32 Å². The summed E-state index contributed by atoms with van der Waals surface area (Å²) in [4.78, 5) is 27.3. The van der Waals surface area contributed by atoms with Crippen LogP contribution >= 0.6 is 11.8 Å². The predicted molar refractivity (Wildman–Crippen MR) is 103 cm³/mol. The van der Waals surface area contributed by atoms with Gasteiger partial charge in [0.1, 0.15) is 0 Å². The minimum atomic E-state index is -0.715. The number of nitro benzene ring substituents is 1. The number of nitrogens with one attached hydrogen (secondary N) is 1. The van der Waals surface area contributed by atoms with Gasteiger partial charge in [-0.1, -0.05) is 18.2 Å². The molecule has 2 aromatic rings. The number of nitrogens with zero attached hydrogens (tertiary/aromatic N) is 2. The molecular weight excluding hydrogens is 370 g/mol. The number of carbonyl (C=O) groups excluding carboxylic acids is 1. The minimum Gasteiger partial charge on any atom is -0.500 e. The van der Waals surface area contributed by atoms with Gasteiger partial charge in [-0.05, 0) is 48.0 Å². The fourth-order valence-electron chi connectivity index (χ4n) is 2.42. The number of ether oxygens (including phenoxy) is 1. The molecule has 0 atom stereocenters. The summed E-state index contributed by atoms with van der Waals surface area (Å²) in [7, 11) is 1.29. The van der Waals surface area contributed by atoms with Crippen LogP contribution in [0.1, 0.15) is 11.1 Å². The fourth-order valence-corrected chi connectivity index (χ4v) is 3.26. The number of nitro groups is 1. The first-order valence-electron chi connectivity index (χ1n) is 7.79. The highest BCUT2D eigenvalue weighted by Gasteiger charge is 2.25. The van der Waals surface area contributed by atoms with E-state index in [1.807, 2.05) is 31.2 Å². The van der Waals surface area contributed by atoms with E-state index in [0.717, 1.165) is 23.0 Å². The van der Waals surface area contributed by atoms with Gasteiger partial charge < -0.3 is 15.2 Å². The molecule has 2 aromatic carbocycles. The first-order chi connectivity index (χ1) is 12.9. The largest absolute Gasteiger partial charge is 0.500 e.